The fourth-order valence-electron chi connectivity index (χ4n) is 18.4. The van der Waals surface area contributed by atoms with E-state index in [4.69, 9.17) is 16.2 Å². The number of carboxylic acids is 3. The Balaban J connectivity index is 0.969. The molecule has 3 aromatic carbocycles. The zero-order valence-electron chi connectivity index (χ0n) is 81.0. The van der Waals surface area contributed by atoms with Crippen molar-refractivity contribution in [3.05, 3.63) is 165 Å². The molecule has 44 nitrogen and oxygen atoms in total. The summed E-state index contributed by atoms with van der Waals surface area (Å²) in [7, 11) is 0. The van der Waals surface area contributed by atoms with E-state index < -0.39 is 246 Å². The average Bonchev–Trinajstić information content (AvgIpc) is 1.65. The van der Waals surface area contributed by atoms with Gasteiger partial charge < -0.3 is 110 Å². The number of aryl methyl sites for hydroxylation is 1. The number of aromatic carboxylic acids is 1. The van der Waals surface area contributed by atoms with Gasteiger partial charge in [-0.15, -0.1) is 16.4 Å². The molecule has 11 rings (SSSR count). The van der Waals surface area contributed by atoms with Gasteiger partial charge in [-0.1, -0.05) is 111 Å². The highest BCUT2D eigenvalue weighted by atomic mass is 32.1. The minimum absolute atomic E-state index is 0.00206. The highest BCUT2D eigenvalue weighted by Crippen LogP contribution is 2.36. The lowest BCUT2D eigenvalue weighted by Gasteiger charge is -2.38. The number of aliphatic carboxylic acids is 2. The third kappa shape index (κ3) is 31.6. The van der Waals surface area contributed by atoms with Crippen LogP contribution in [0.5, 0.6) is 0 Å². The Kier molecular flexibility index (Phi) is 39.2. The second-order valence-corrected chi connectivity index (χ2v) is 40.0. The Bertz CT molecular complexity index is 5830. The molecule has 0 saturated carbocycles. The number of nitrogens with one attached hydrogen (secondary N) is 13. The Morgan fingerprint density at radius 3 is 1.88 bits per heavy atom. The molecule has 0 aliphatic carbocycles. The molecule has 2 saturated heterocycles. The van der Waals surface area contributed by atoms with E-state index in [2.05, 4.69) is 79.4 Å². The maximum absolute atomic E-state index is 16.1. The Labute approximate surface area is 843 Å². The molecule has 46 heteroatoms. The summed E-state index contributed by atoms with van der Waals surface area (Å²) >= 11 is 2.61. The van der Waals surface area contributed by atoms with Crippen LogP contribution in [-0.2, 0) is 130 Å². The number of aromatic nitrogens is 3. The van der Waals surface area contributed by atoms with Crippen LogP contribution in [0.2, 0.25) is 0 Å². The number of allylic oxidation sites excluding steroid dienone is 3. The van der Waals surface area contributed by atoms with E-state index in [0.29, 0.717) is 23.1 Å². The van der Waals surface area contributed by atoms with Gasteiger partial charge in [0.25, 0.3) is 0 Å². The molecule has 8 heterocycles. The summed E-state index contributed by atoms with van der Waals surface area (Å²) < 4.78 is 8.14. The molecule has 6 aromatic rings. The van der Waals surface area contributed by atoms with Crippen LogP contribution in [0.3, 0.4) is 0 Å². The summed E-state index contributed by atoms with van der Waals surface area (Å²) in [6.45, 7) is 4.43. The van der Waals surface area contributed by atoms with Crippen molar-refractivity contribution in [2.45, 2.75) is 272 Å². The molecule has 2 fully saturated rings. The van der Waals surface area contributed by atoms with Gasteiger partial charge in [0.15, 0.2) is 0 Å². The predicted octanol–water partition coefficient (Wildman–Crippen LogP) is 1.63. The van der Waals surface area contributed by atoms with Crippen molar-refractivity contribution in [3.8, 4) is 0 Å². The van der Waals surface area contributed by atoms with Crippen molar-refractivity contribution in [1.82, 2.24) is 93.9 Å². The summed E-state index contributed by atoms with van der Waals surface area (Å²) in [6, 6.07) is 5.40. The molecule has 13 atom stereocenters. The van der Waals surface area contributed by atoms with E-state index >= 15 is 38.4 Å². The van der Waals surface area contributed by atoms with Crippen LogP contribution >= 0.6 is 22.7 Å². The maximum Gasteiger partial charge on any atom is 0.409 e. The molecule has 145 heavy (non-hydrogen) atoms. The number of likely N-dealkylation sites (tertiary alicyclic amines) is 1. The number of fused-ring (bicyclic) bond motifs is 11. The first-order valence-corrected chi connectivity index (χ1v) is 50.1. The fraction of sp³-hybridized carbons (Fsp3) is 0.495. The SMILES string of the molecule is CC(=O)N1CCC[C@]12C/C=C/CCC[C@@]1(CCC/C=C\CCCOC(=O)N3CC[C@@](C(=O)N[C@@H](Cc4ccsc4)C(=O)N[C@@H](Cc4csc5ccccc45)C(=O)N[C@@H](CCC(N)=O)C(N)=O)(C3)NC(=O)[C@@H]3Cc4cn(nn4)CCCC[C@H](NC(=O)CNC(=O)[C@H](Cc4cccc(C(=O)O)c4)NC(=O)[C@H](CC(=O)O)NC1=O)C(=O)N[C@@H](Cc1ccccc1)C(=O)N3)NC(=O)[C@H](CC(C)(C)C)NC(=O)[C@H](CC(=O)O)NC2=O. The monoisotopic (exact) mass is 2040 g/mol. The van der Waals surface area contributed by atoms with Gasteiger partial charge in [-0.3, -0.25) is 91.0 Å². The van der Waals surface area contributed by atoms with Crippen LogP contribution in [0.1, 0.15) is 194 Å². The van der Waals surface area contributed by atoms with Crippen LogP contribution in [0.4, 0.5) is 4.79 Å². The van der Waals surface area contributed by atoms with Gasteiger partial charge in [0.1, 0.15) is 77.0 Å². The topological polar surface area (TPSA) is 657 Å². The van der Waals surface area contributed by atoms with Crippen molar-refractivity contribution < 1.29 is 116 Å². The molecule has 2 spiro atoms. The van der Waals surface area contributed by atoms with Gasteiger partial charge in [0.05, 0.1) is 43.8 Å². The molecular formula is C99H126N20O24S2. The number of thiophene rings is 2. The second kappa shape index (κ2) is 51.4. The third-order valence-electron chi connectivity index (χ3n) is 25.9. The average molecular weight is 2040 g/mol. The quantitative estimate of drug-likeness (QED) is 0.0383. The van der Waals surface area contributed by atoms with Crippen molar-refractivity contribution in [2.24, 2.45) is 16.9 Å². The van der Waals surface area contributed by atoms with Crippen molar-refractivity contribution in [1.29, 1.82) is 0 Å². The largest absolute Gasteiger partial charge is 0.481 e. The lowest BCUT2D eigenvalue weighted by molar-refractivity contribution is -0.146. The zero-order chi connectivity index (χ0) is 105. The van der Waals surface area contributed by atoms with E-state index in [9.17, 15) is 72.9 Å². The minimum atomic E-state index is -2.25. The molecule has 0 unspecified atom stereocenters. The van der Waals surface area contributed by atoms with Crippen LogP contribution in [0.15, 0.2) is 132 Å². The number of rotatable bonds is 24. The number of nitrogens with two attached hydrogens (primary N) is 2. The van der Waals surface area contributed by atoms with Crippen molar-refractivity contribution in [3.63, 3.8) is 0 Å². The molecule has 778 valence electrons. The first kappa shape index (κ1) is 111. The number of carbonyl (C=O) groups is 20. The number of hydrogen-bond donors (Lipinski definition) is 18. The Morgan fingerprint density at radius 2 is 1.21 bits per heavy atom. The predicted molar refractivity (Wildman–Crippen MR) is 525 cm³/mol. The van der Waals surface area contributed by atoms with E-state index in [1.807, 2.05) is 18.2 Å². The van der Waals surface area contributed by atoms with Crippen molar-refractivity contribution >= 4 is 151 Å². The van der Waals surface area contributed by atoms with Crippen LogP contribution < -0.4 is 80.6 Å². The third-order valence-corrected chi connectivity index (χ3v) is 27.7. The lowest BCUT2D eigenvalue weighted by Crippen LogP contribution is -2.67. The number of ether oxygens (including phenoxy) is 1. The molecule has 0 radical (unpaired) electrons. The first-order chi connectivity index (χ1) is 69.1. The number of cyclic esters (lactones) is 1. The van der Waals surface area contributed by atoms with Crippen LogP contribution in [0, 0.1) is 5.41 Å². The number of hydrogen-bond acceptors (Lipinski definition) is 25. The summed E-state index contributed by atoms with van der Waals surface area (Å²) in [5.41, 5.74) is 5.81. The smallest absolute Gasteiger partial charge is 0.409 e. The molecule has 17 amide bonds. The Hall–Kier alpha value is -14.9. The second-order valence-electron chi connectivity index (χ2n) is 38.3. The number of benzene rings is 3. The Morgan fingerprint density at radius 1 is 0.579 bits per heavy atom. The molecular weight excluding hydrogens is 1920 g/mol. The number of carbonyl (C=O) groups excluding carboxylic acids is 17. The zero-order valence-corrected chi connectivity index (χ0v) is 82.7. The summed E-state index contributed by atoms with van der Waals surface area (Å²) in [5, 5.41) is 80.3. The van der Waals surface area contributed by atoms with E-state index in [-0.39, 0.29) is 165 Å². The van der Waals surface area contributed by atoms with Gasteiger partial charge in [0.2, 0.25) is 94.5 Å². The summed E-state index contributed by atoms with van der Waals surface area (Å²) in [5.74, 6) is -20.6. The van der Waals surface area contributed by atoms with E-state index in [0.717, 1.165) is 15.0 Å². The number of carboxylic acid groups (broad SMARTS) is 3. The van der Waals surface area contributed by atoms with E-state index in [1.54, 1.807) is 104 Å². The van der Waals surface area contributed by atoms with Crippen molar-refractivity contribution in [2.75, 3.05) is 32.8 Å². The number of amides is 17. The van der Waals surface area contributed by atoms with Gasteiger partial charge in [-0.2, -0.15) is 11.3 Å². The maximum atomic E-state index is 16.1. The number of nitrogens with zero attached hydrogens (tertiary/aromatic N) is 5. The normalized spacial score (nSPS) is 24.4. The van der Waals surface area contributed by atoms with Crippen LogP contribution in [-0.4, -0.2) is 268 Å². The van der Waals surface area contributed by atoms with Gasteiger partial charge in [0, 0.05) is 76.0 Å². The van der Waals surface area contributed by atoms with Gasteiger partial charge in [-0.25, -0.2) is 9.59 Å². The fourth-order valence-corrected chi connectivity index (χ4v) is 20.0. The molecule has 20 N–H and O–H groups in total. The summed E-state index contributed by atoms with van der Waals surface area (Å²) in [6.07, 6.45) is 2.48. The lowest BCUT2D eigenvalue weighted by atomic mass is 9.83. The molecule has 6 bridgehead atoms. The van der Waals surface area contributed by atoms with E-state index in [1.165, 1.54) is 69.6 Å². The van der Waals surface area contributed by atoms with Gasteiger partial charge >= 0.3 is 24.0 Å². The molecule has 5 aliphatic heterocycles. The first-order valence-electron chi connectivity index (χ1n) is 48.3. The summed E-state index contributed by atoms with van der Waals surface area (Å²) in [4.78, 5) is 293. The molecule has 3 aromatic heterocycles. The standard InChI is InChI=1S/C99H126N20O24S2/c1-58(120)119-40-23-37-99(119)36-19-9-8-18-35-97(113-90(136)75(52-96(2,3)4)109-88(134)74(51-80(125)126)112-94(99)141)34-17-7-5-6-10-21-42-143-95(142)117-41-38-98(57-117,93(140)110-70(47-61-33-43-144-55-61)85(131)107-71(48-63-56-145-76-30-15-14-28-65(63)76)86(132)104-66(81(101)127)31-32-77(100)121)114-89(135)72-49-64-54-118(116-115-64)39-20-16-29-67(83(129)106-69(84(130)108-72)45-59-24-12-11-13-25-59)103-78(122)53-102-82(128)68(46-60-26-22-27-62(44-60)91(137)138)105-87(133)73(50-79(123)124)111-92(97)139/h5-6,9,11-15,19,22,24-28,30,33,43-44,54-56,66-75H,7-8,10,16-18,20-21,23,29,31-32,34-42,45-53,57H2,1-4H3,(H2,100,121)(H2,101,127)(H,102,128)(H,103,122)(H,104,132)(H,105,133)(H,106,129)(H,107,131)(H,108,130)(H,109,134)(H,110,140)(H,111,139)(H,112,141)(H,113,136)(H,114,135)(H,123,124)(H,125,126)(H,137,138)/b6-5-,19-9+/t66-,67-,68-,69-,70-,71-,72-,73-,74-,75-,97+,98-,99-/m0/s1. The highest BCUT2D eigenvalue weighted by Gasteiger charge is 2.53. The van der Waals surface area contributed by atoms with Gasteiger partial charge in [-0.05, 0) is 183 Å². The number of primary amides is 2. The minimum Gasteiger partial charge on any atom is -0.481 e. The highest BCUT2D eigenvalue weighted by molar-refractivity contribution is 7.17. The van der Waals surface area contributed by atoms with Crippen LogP contribution in [0.25, 0.3) is 10.1 Å². The molecule has 5 aliphatic rings.